The van der Waals surface area contributed by atoms with Crippen molar-refractivity contribution < 1.29 is 9.32 Å². The third-order valence-corrected chi connectivity index (χ3v) is 3.60. The highest BCUT2D eigenvalue weighted by Crippen LogP contribution is 2.39. The van der Waals surface area contributed by atoms with Crippen LogP contribution in [0.2, 0.25) is 0 Å². The molecule has 0 bridgehead atoms. The fourth-order valence-electron chi connectivity index (χ4n) is 2.42. The van der Waals surface area contributed by atoms with Crippen molar-refractivity contribution in [3.8, 4) is 0 Å². The zero-order chi connectivity index (χ0) is 13.2. The van der Waals surface area contributed by atoms with Gasteiger partial charge < -0.3 is 14.7 Å². The lowest BCUT2D eigenvalue weighted by Gasteiger charge is -2.21. The Balaban J connectivity index is 1.70. The standard InChI is InChI=1S/C13H18N4O2/c1-2-7-14-13(18)17-8-3-4-10(17)12-15-11(16-19-12)9-5-6-9/h2,9-10H,1,3-8H2,(H,14,18). The number of amides is 2. The summed E-state index contributed by atoms with van der Waals surface area (Å²) >= 11 is 0. The van der Waals surface area contributed by atoms with Gasteiger partial charge in [-0.25, -0.2) is 4.79 Å². The molecule has 2 fully saturated rings. The first kappa shape index (κ1) is 12.2. The van der Waals surface area contributed by atoms with Gasteiger partial charge in [-0.1, -0.05) is 11.2 Å². The summed E-state index contributed by atoms with van der Waals surface area (Å²) < 4.78 is 5.33. The van der Waals surface area contributed by atoms with E-state index in [0.717, 1.165) is 38.1 Å². The average molecular weight is 262 g/mol. The Kier molecular flexibility index (Phi) is 3.23. The summed E-state index contributed by atoms with van der Waals surface area (Å²) in [6, 6.07) is -0.168. The normalized spacial score (nSPS) is 22.5. The quantitative estimate of drug-likeness (QED) is 0.842. The molecule has 1 saturated carbocycles. The summed E-state index contributed by atoms with van der Waals surface area (Å²) in [5.74, 6) is 1.85. The van der Waals surface area contributed by atoms with Crippen molar-refractivity contribution in [2.24, 2.45) is 0 Å². The van der Waals surface area contributed by atoms with Gasteiger partial charge in [0.1, 0.15) is 6.04 Å². The number of nitrogens with zero attached hydrogens (tertiary/aromatic N) is 3. The van der Waals surface area contributed by atoms with Crippen LogP contribution in [0.4, 0.5) is 4.79 Å². The van der Waals surface area contributed by atoms with Gasteiger partial charge in [0.15, 0.2) is 5.82 Å². The monoisotopic (exact) mass is 262 g/mol. The van der Waals surface area contributed by atoms with E-state index in [9.17, 15) is 4.79 Å². The molecule has 6 nitrogen and oxygen atoms in total. The Morgan fingerprint density at radius 3 is 3.11 bits per heavy atom. The van der Waals surface area contributed by atoms with E-state index in [-0.39, 0.29) is 12.1 Å². The summed E-state index contributed by atoms with van der Waals surface area (Å²) in [5.41, 5.74) is 0. The lowest BCUT2D eigenvalue weighted by Crippen LogP contribution is -2.39. The second-order valence-corrected chi connectivity index (χ2v) is 5.09. The topological polar surface area (TPSA) is 71.3 Å². The molecule has 0 aromatic carbocycles. The maximum absolute atomic E-state index is 12.0. The number of urea groups is 1. The van der Waals surface area contributed by atoms with Gasteiger partial charge in [-0.3, -0.25) is 0 Å². The number of aromatic nitrogens is 2. The number of hydrogen-bond acceptors (Lipinski definition) is 4. The number of carbonyl (C=O) groups is 1. The Hall–Kier alpha value is -1.85. The number of carbonyl (C=O) groups excluding carboxylic acids is 1. The molecular weight excluding hydrogens is 244 g/mol. The molecule has 2 amide bonds. The van der Waals surface area contributed by atoms with Crippen LogP contribution < -0.4 is 5.32 Å². The van der Waals surface area contributed by atoms with E-state index in [2.05, 4.69) is 22.0 Å². The van der Waals surface area contributed by atoms with Gasteiger partial charge >= 0.3 is 6.03 Å². The van der Waals surface area contributed by atoms with E-state index < -0.39 is 0 Å². The molecule has 6 heteroatoms. The molecule has 1 saturated heterocycles. The average Bonchev–Trinajstić information content (AvgIpc) is 2.96. The molecule has 1 aliphatic carbocycles. The molecule has 102 valence electrons. The number of rotatable bonds is 4. The van der Waals surface area contributed by atoms with Crippen LogP contribution in [0.3, 0.4) is 0 Å². The van der Waals surface area contributed by atoms with Crippen molar-refractivity contribution in [2.75, 3.05) is 13.1 Å². The van der Waals surface area contributed by atoms with E-state index in [1.165, 1.54) is 0 Å². The summed E-state index contributed by atoms with van der Waals surface area (Å²) in [6.45, 7) is 4.79. The fourth-order valence-corrected chi connectivity index (χ4v) is 2.42. The molecule has 1 N–H and O–H groups in total. The van der Waals surface area contributed by atoms with Gasteiger partial charge in [0, 0.05) is 19.0 Å². The van der Waals surface area contributed by atoms with Crippen molar-refractivity contribution in [3.05, 3.63) is 24.4 Å². The number of hydrogen-bond donors (Lipinski definition) is 1. The maximum atomic E-state index is 12.0. The SMILES string of the molecule is C=CCNC(=O)N1CCCC1c1nc(C2CC2)no1. The Morgan fingerprint density at radius 2 is 2.37 bits per heavy atom. The minimum atomic E-state index is -0.0893. The zero-order valence-electron chi connectivity index (χ0n) is 10.8. The van der Waals surface area contributed by atoms with Crippen LogP contribution in [0, 0.1) is 0 Å². The van der Waals surface area contributed by atoms with Gasteiger partial charge in [0.25, 0.3) is 0 Å². The second-order valence-electron chi connectivity index (χ2n) is 5.09. The molecule has 1 aromatic rings. The van der Waals surface area contributed by atoms with E-state index in [1.54, 1.807) is 11.0 Å². The van der Waals surface area contributed by atoms with Gasteiger partial charge in [0.2, 0.25) is 5.89 Å². The molecule has 2 heterocycles. The molecule has 3 rings (SSSR count). The molecular formula is C13H18N4O2. The molecule has 2 aliphatic rings. The predicted octanol–water partition coefficient (Wildman–Crippen LogP) is 1.98. The predicted molar refractivity (Wildman–Crippen MR) is 68.5 cm³/mol. The third-order valence-electron chi connectivity index (χ3n) is 3.60. The zero-order valence-corrected chi connectivity index (χ0v) is 10.8. The molecule has 1 aliphatic heterocycles. The van der Waals surface area contributed by atoms with Crippen LogP contribution in [0.5, 0.6) is 0 Å². The largest absolute Gasteiger partial charge is 0.337 e. The van der Waals surface area contributed by atoms with E-state index in [4.69, 9.17) is 4.52 Å². The van der Waals surface area contributed by atoms with Crippen molar-refractivity contribution >= 4 is 6.03 Å². The van der Waals surface area contributed by atoms with Gasteiger partial charge in [0.05, 0.1) is 0 Å². The highest BCUT2D eigenvalue weighted by atomic mass is 16.5. The molecule has 1 aromatic heterocycles. The first-order chi connectivity index (χ1) is 9.29. The van der Waals surface area contributed by atoms with Crippen molar-refractivity contribution in [1.82, 2.24) is 20.4 Å². The minimum Gasteiger partial charge on any atom is -0.337 e. The summed E-state index contributed by atoms with van der Waals surface area (Å²) in [7, 11) is 0. The van der Waals surface area contributed by atoms with Crippen molar-refractivity contribution in [1.29, 1.82) is 0 Å². The lowest BCUT2D eigenvalue weighted by atomic mass is 10.2. The van der Waals surface area contributed by atoms with E-state index in [0.29, 0.717) is 18.4 Å². The summed E-state index contributed by atoms with van der Waals surface area (Å²) in [5, 5.41) is 6.81. The van der Waals surface area contributed by atoms with Crippen LogP contribution in [-0.4, -0.2) is 34.2 Å². The number of likely N-dealkylation sites (tertiary alicyclic amines) is 1. The third kappa shape index (κ3) is 2.47. The van der Waals surface area contributed by atoms with Gasteiger partial charge in [-0.2, -0.15) is 4.98 Å². The second kappa shape index (κ2) is 5.03. The molecule has 19 heavy (non-hydrogen) atoms. The van der Waals surface area contributed by atoms with E-state index in [1.807, 2.05) is 0 Å². The minimum absolute atomic E-state index is 0.0789. The lowest BCUT2D eigenvalue weighted by molar-refractivity contribution is 0.181. The Morgan fingerprint density at radius 1 is 1.53 bits per heavy atom. The number of nitrogens with one attached hydrogen (secondary N) is 1. The van der Waals surface area contributed by atoms with Gasteiger partial charge in [-0.05, 0) is 25.7 Å². The maximum Gasteiger partial charge on any atom is 0.318 e. The smallest absolute Gasteiger partial charge is 0.318 e. The van der Waals surface area contributed by atoms with E-state index >= 15 is 0 Å². The Bertz CT molecular complexity index is 481. The van der Waals surface area contributed by atoms with Crippen molar-refractivity contribution in [3.63, 3.8) is 0 Å². The highest BCUT2D eigenvalue weighted by Gasteiger charge is 2.36. The first-order valence-electron chi connectivity index (χ1n) is 6.78. The Labute approximate surface area is 111 Å². The molecule has 1 atom stereocenters. The molecule has 1 unspecified atom stereocenters. The fraction of sp³-hybridized carbons (Fsp3) is 0.615. The molecule has 0 spiro atoms. The van der Waals surface area contributed by atoms with Crippen molar-refractivity contribution in [2.45, 2.75) is 37.6 Å². The van der Waals surface area contributed by atoms with Crippen LogP contribution in [0.25, 0.3) is 0 Å². The first-order valence-corrected chi connectivity index (χ1v) is 6.78. The van der Waals surface area contributed by atoms with Crippen LogP contribution >= 0.6 is 0 Å². The summed E-state index contributed by atoms with van der Waals surface area (Å²) in [4.78, 5) is 18.2. The van der Waals surface area contributed by atoms with Crippen LogP contribution in [-0.2, 0) is 0 Å². The van der Waals surface area contributed by atoms with Crippen LogP contribution in [0.15, 0.2) is 17.2 Å². The molecule has 0 radical (unpaired) electrons. The highest BCUT2D eigenvalue weighted by molar-refractivity contribution is 5.75. The summed E-state index contributed by atoms with van der Waals surface area (Å²) in [6.07, 6.45) is 5.81. The van der Waals surface area contributed by atoms with Crippen LogP contribution in [0.1, 0.15) is 49.4 Å². The van der Waals surface area contributed by atoms with Gasteiger partial charge in [-0.15, -0.1) is 6.58 Å².